The van der Waals surface area contributed by atoms with E-state index in [-0.39, 0.29) is 32.4 Å². The number of hydrogen-bond acceptors (Lipinski definition) is 4. The monoisotopic (exact) mass is 463 g/mol. The Morgan fingerprint density at radius 1 is 0.900 bits per heavy atom. The molecule has 0 bridgehead atoms. The van der Waals surface area contributed by atoms with Gasteiger partial charge < -0.3 is 10.2 Å². The van der Waals surface area contributed by atoms with Crippen LogP contribution in [-0.4, -0.2) is 35.7 Å². The van der Waals surface area contributed by atoms with Crippen LogP contribution in [0.15, 0.2) is 53.2 Å². The van der Waals surface area contributed by atoms with Gasteiger partial charge in [-0.05, 0) is 49.2 Å². The lowest BCUT2D eigenvalue weighted by Crippen LogP contribution is -2.32. The zero-order valence-electron chi connectivity index (χ0n) is 15.6. The predicted molar refractivity (Wildman–Crippen MR) is 117 cm³/mol. The number of carbonyl (C=O) groups excluding carboxylic acids is 3. The molecule has 2 heterocycles. The fourth-order valence-corrected chi connectivity index (χ4v) is 4.22. The molecule has 1 N–H and O–H groups in total. The summed E-state index contributed by atoms with van der Waals surface area (Å²) in [6.45, 7) is 1.47. The van der Waals surface area contributed by atoms with Crippen molar-refractivity contribution >= 4 is 63.9 Å². The van der Waals surface area contributed by atoms with Gasteiger partial charge in [-0.1, -0.05) is 40.9 Å². The number of nitrogens with one attached hydrogen (secondary N) is 1. The minimum absolute atomic E-state index is 0.0692. The van der Waals surface area contributed by atoms with Crippen LogP contribution in [0.2, 0.25) is 10.0 Å². The van der Waals surface area contributed by atoms with Gasteiger partial charge in [0, 0.05) is 34.4 Å². The minimum Gasteiger partial charge on any atom is -0.350 e. The van der Waals surface area contributed by atoms with E-state index in [9.17, 15) is 14.4 Å². The van der Waals surface area contributed by atoms with Crippen molar-refractivity contribution in [2.75, 3.05) is 23.3 Å². The van der Waals surface area contributed by atoms with Crippen LogP contribution in [-0.2, 0) is 9.59 Å². The average molecular weight is 465 g/mol. The molecule has 0 aliphatic carbocycles. The Morgan fingerprint density at radius 2 is 1.57 bits per heavy atom. The highest BCUT2D eigenvalue weighted by molar-refractivity contribution is 6.53. The molecule has 2 aromatic carbocycles. The number of halogens is 3. The fourth-order valence-electron chi connectivity index (χ4n) is 3.49. The van der Waals surface area contributed by atoms with Crippen molar-refractivity contribution in [1.29, 1.82) is 0 Å². The lowest BCUT2D eigenvalue weighted by Gasteiger charge is -2.17. The van der Waals surface area contributed by atoms with Crippen molar-refractivity contribution < 1.29 is 14.4 Å². The van der Waals surface area contributed by atoms with E-state index < -0.39 is 11.8 Å². The number of amides is 3. The maximum atomic E-state index is 12.9. The molecule has 0 atom stereocenters. The largest absolute Gasteiger partial charge is 0.350 e. The summed E-state index contributed by atoms with van der Waals surface area (Å²) in [6.07, 6.45) is 1.98. The lowest BCUT2D eigenvalue weighted by molar-refractivity contribution is -0.120. The third-order valence-electron chi connectivity index (χ3n) is 4.90. The standard InChI is InChI=1S/C21H16Cl3N3O3/c22-13-9-14(23)11-16(10-13)27-20(29)17(24)18(21(27)30)25-15-5-3-4-12(8-15)19(28)26-6-1-2-7-26/h3-5,8-11,25H,1-2,6-7H2. The Hall–Kier alpha value is -2.54. The number of hydrogen-bond donors (Lipinski definition) is 1. The van der Waals surface area contributed by atoms with Crippen molar-refractivity contribution in [3.05, 3.63) is 68.8 Å². The zero-order chi connectivity index (χ0) is 21.4. The summed E-state index contributed by atoms with van der Waals surface area (Å²) < 4.78 is 0. The molecular formula is C21H16Cl3N3O3. The van der Waals surface area contributed by atoms with E-state index in [1.165, 1.54) is 18.2 Å². The smallest absolute Gasteiger partial charge is 0.283 e. The molecule has 2 aliphatic heterocycles. The Labute approximate surface area is 188 Å². The average Bonchev–Trinajstić information content (AvgIpc) is 3.31. The second kappa shape index (κ2) is 8.30. The Kier molecular flexibility index (Phi) is 5.73. The van der Waals surface area contributed by atoms with Crippen LogP contribution in [0.3, 0.4) is 0 Å². The van der Waals surface area contributed by atoms with Gasteiger partial charge in [-0.25, -0.2) is 4.90 Å². The first-order valence-electron chi connectivity index (χ1n) is 9.26. The van der Waals surface area contributed by atoms with Crippen molar-refractivity contribution in [1.82, 2.24) is 4.90 Å². The van der Waals surface area contributed by atoms with Crippen LogP contribution in [0, 0.1) is 0 Å². The molecule has 30 heavy (non-hydrogen) atoms. The molecule has 0 saturated carbocycles. The van der Waals surface area contributed by atoms with Gasteiger partial charge in [0.25, 0.3) is 17.7 Å². The van der Waals surface area contributed by atoms with Gasteiger partial charge in [0.05, 0.1) is 5.69 Å². The summed E-state index contributed by atoms with van der Waals surface area (Å²) in [5.74, 6) is -1.40. The van der Waals surface area contributed by atoms with Crippen LogP contribution in [0.25, 0.3) is 0 Å². The summed E-state index contributed by atoms with van der Waals surface area (Å²) in [5.41, 5.74) is 1.10. The number of anilines is 2. The van der Waals surface area contributed by atoms with Gasteiger partial charge in [0.2, 0.25) is 0 Å². The first kappa shape index (κ1) is 20.7. The van der Waals surface area contributed by atoms with Crippen molar-refractivity contribution in [2.24, 2.45) is 0 Å². The molecule has 2 aliphatic rings. The molecule has 154 valence electrons. The summed E-state index contributed by atoms with van der Waals surface area (Å²) >= 11 is 18.2. The molecule has 0 radical (unpaired) electrons. The second-order valence-electron chi connectivity index (χ2n) is 6.97. The summed E-state index contributed by atoms with van der Waals surface area (Å²) in [6, 6.07) is 11.1. The molecule has 0 spiro atoms. The number of imide groups is 1. The van der Waals surface area contributed by atoms with Gasteiger partial charge in [-0.3, -0.25) is 14.4 Å². The Morgan fingerprint density at radius 3 is 2.23 bits per heavy atom. The third-order valence-corrected chi connectivity index (χ3v) is 5.69. The molecule has 0 unspecified atom stereocenters. The normalized spacial score (nSPS) is 16.6. The van der Waals surface area contributed by atoms with E-state index in [0.29, 0.717) is 11.3 Å². The lowest BCUT2D eigenvalue weighted by atomic mass is 10.1. The fraction of sp³-hybridized carbons (Fsp3) is 0.190. The molecule has 6 nitrogen and oxygen atoms in total. The van der Waals surface area contributed by atoms with Gasteiger partial charge >= 0.3 is 0 Å². The number of likely N-dealkylation sites (tertiary alicyclic amines) is 1. The number of rotatable bonds is 4. The van der Waals surface area contributed by atoms with Gasteiger partial charge in [-0.2, -0.15) is 0 Å². The maximum absolute atomic E-state index is 12.9. The first-order chi connectivity index (χ1) is 14.3. The summed E-state index contributed by atoms with van der Waals surface area (Å²) in [4.78, 5) is 40.9. The van der Waals surface area contributed by atoms with Crippen molar-refractivity contribution in [2.45, 2.75) is 12.8 Å². The molecule has 2 aromatic rings. The number of carbonyl (C=O) groups is 3. The zero-order valence-corrected chi connectivity index (χ0v) is 17.9. The van der Waals surface area contributed by atoms with Crippen molar-refractivity contribution in [3.63, 3.8) is 0 Å². The summed E-state index contributed by atoms with van der Waals surface area (Å²) in [7, 11) is 0. The highest BCUT2D eigenvalue weighted by Crippen LogP contribution is 2.33. The van der Waals surface area contributed by atoms with Gasteiger partial charge in [0.1, 0.15) is 10.7 Å². The maximum Gasteiger partial charge on any atom is 0.283 e. The highest BCUT2D eigenvalue weighted by Gasteiger charge is 2.39. The number of benzene rings is 2. The first-order valence-corrected chi connectivity index (χ1v) is 10.4. The van der Waals surface area contributed by atoms with Crippen LogP contribution in [0.1, 0.15) is 23.2 Å². The van der Waals surface area contributed by atoms with Crippen LogP contribution in [0.5, 0.6) is 0 Å². The second-order valence-corrected chi connectivity index (χ2v) is 8.22. The molecular weight excluding hydrogens is 449 g/mol. The van der Waals surface area contributed by atoms with E-state index in [1.54, 1.807) is 29.2 Å². The van der Waals surface area contributed by atoms with E-state index in [0.717, 1.165) is 30.8 Å². The molecule has 1 fully saturated rings. The summed E-state index contributed by atoms with van der Waals surface area (Å²) in [5, 5.41) is 3.19. The SMILES string of the molecule is O=C(c1cccc(NC2=C(Cl)C(=O)N(c3cc(Cl)cc(Cl)c3)C2=O)c1)N1CCCC1. The van der Waals surface area contributed by atoms with Crippen LogP contribution >= 0.6 is 34.8 Å². The van der Waals surface area contributed by atoms with Crippen LogP contribution in [0.4, 0.5) is 11.4 Å². The van der Waals surface area contributed by atoms with Gasteiger partial charge in [0.15, 0.2) is 0 Å². The predicted octanol–water partition coefficient (Wildman–Crippen LogP) is 4.67. The van der Waals surface area contributed by atoms with E-state index in [1.807, 2.05) is 0 Å². The topological polar surface area (TPSA) is 69.7 Å². The molecule has 9 heteroatoms. The molecule has 1 saturated heterocycles. The Bertz CT molecular complexity index is 1070. The quantitative estimate of drug-likeness (QED) is 0.668. The van der Waals surface area contributed by atoms with E-state index >= 15 is 0 Å². The molecule has 3 amide bonds. The Balaban J connectivity index is 1.59. The molecule has 4 rings (SSSR count). The highest BCUT2D eigenvalue weighted by atomic mass is 35.5. The molecule has 0 aromatic heterocycles. The third kappa shape index (κ3) is 3.90. The number of nitrogens with zero attached hydrogens (tertiary/aromatic N) is 2. The van der Waals surface area contributed by atoms with E-state index in [2.05, 4.69) is 5.32 Å². The minimum atomic E-state index is -0.688. The van der Waals surface area contributed by atoms with E-state index in [4.69, 9.17) is 34.8 Å². The van der Waals surface area contributed by atoms with Crippen LogP contribution < -0.4 is 10.2 Å². The van der Waals surface area contributed by atoms with Gasteiger partial charge in [-0.15, -0.1) is 0 Å². The van der Waals surface area contributed by atoms with Crippen molar-refractivity contribution in [3.8, 4) is 0 Å².